The van der Waals surface area contributed by atoms with Gasteiger partial charge in [0, 0.05) is 6.54 Å². The van der Waals surface area contributed by atoms with E-state index < -0.39 is 12.4 Å². The molecule has 0 unspecified atom stereocenters. The summed E-state index contributed by atoms with van der Waals surface area (Å²) < 4.78 is 50.9. The second-order valence-corrected chi connectivity index (χ2v) is 4.26. The van der Waals surface area contributed by atoms with Crippen molar-refractivity contribution in [3.05, 3.63) is 30.4 Å². The summed E-state index contributed by atoms with van der Waals surface area (Å²) in [5.74, 6) is 0.358. The van der Waals surface area contributed by atoms with Crippen molar-refractivity contribution < 1.29 is 22.4 Å². The fourth-order valence-corrected chi connectivity index (χ4v) is 1.85. The van der Waals surface area contributed by atoms with E-state index >= 15 is 0 Å². The first-order valence-electron chi connectivity index (χ1n) is 6.33. The van der Waals surface area contributed by atoms with Crippen LogP contribution in [0.1, 0.15) is 12.7 Å². The maximum absolute atomic E-state index is 13.1. The minimum absolute atomic E-state index is 0.0840. The van der Waals surface area contributed by atoms with Gasteiger partial charge in [0.25, 0.3) is 0 Å². The first kappa shape index (κ1) is 15.2. The first-order valence-corrected chi connectivity index (χ1v) is 6.33. The first-order chi connectivity index (χ1) is 9.95. The van der Waals surface area contributed by atoms with E-state index in [4.69, 9.17) is 9.47 Å². The Morgan fingerprint density at radius 1 is 1.29 bits per heavy atom. The third-order valence-electron chi connectivity index (χ3n) is 2.92. The summed E-state index contributed by atoms with van der Waals surface area (Å²) in [5.41, 5.74) is -0.822. The molecule has 0 fully saturated rings. The van der Waals surface area contributed by atoms with Gasteiger partial charge in [-0.3, -0.25) is 0 Å². The van der Waals surface area contributed by atoms with Crippen molar-refractivity contribution in [1.29, 1.82) is 0 Å². The van der Waals surface area contributed by atoms with Crippen LogP contribution in [0.5, 0.6) is 11.5 Å². The molecule has 5 nitrogen and oxygen atoms in total. The number of ether oxygens (including phenoxy) is 2. The lowest BCUT2D eigenvalue weighted by atomic mass is 9.79. The van der Waals surface area contributed by atoms with Gasteiger partial charge in [-0.25, -0.2) is 9.67 Å². The predicted molar refractivity (Wildman–Crippen MR) is 71.7 cm³/mol. The van der Waals surface area contributed by atoms with Gasteiger partial charge in [0.05, 0.1) is 12.9 Å². The van der Waals surface area contributed by atoms with E-state index in [0.29, 0.717) is 12.4 Å². The van der Waals surface area contributed by atoms with E-state index in [9.17, 15) is 12.9 Å². The van der Waals surface area contributed by atoms with Crippen molar-refractivity contribution >= 4 is 12.4 Å². The molecule has 9 heteroatoms. The molecule has 1 aromatic heterocycles. The molecule has 0 radical (unpaired) electrons. The second-order valence-electron chi connectivity index (χ2n) is 4.26. The summed E-state index contributed by atoms with van der Waals surface area (Å²) in [4.78, 5) is 3.95. The summed E-state index contributed by atoms with van der Waals surface area (Å²) >= 11 is 0. The average molecular weight is 300 g/mol. The maximum atomic E-state index is 13.1. The van der Waals surface area contributed by atoms with E-state index in [0.717, 1.165) is 6.07 Å². The van der Waals surface area contributed by atoms with Gasteiger partial charge in [-0.2, -0.15) is 5.10 Å². The van der Waals surface area contributed by atoms with Gasteiger partial charge in [0.2, 0.25) is 0 Å². The van der Waals surface area contributed by atoms with E-state index in [1.807, 2.05) is 6.92 Å². The molecular weight excluding hydrogens is 286 g/mol. The molecule has 0 saturated heterocycles. The topological polar surface area (TPSA) is 49.2 Å². The van der Waals surface area contributed by atoms with Crippen LogP contribution < -0.4 is 14.9 Å². The Hall–Kier alpha value is -2.19. The van der Waals surface area contributed by atoms with Crippen LogP contribution in [0.25, 0.3) is 0 Å². The highest BCUT2D eigenvalue weighted by molar-refractivity contribution is 6.74. The zero-order chi connectivity index (χ0) is 15.5. The maximum Gasteiger partial charge on any atom is 0.513 e. The minimum atomic E-state index is -5.20. The number of methoxy groups -OCH3 is 1. The lowest BCUT2D eigenvalue weighted by molar-refractivity contribution is 0.287. The molecule has 0 aliphatic heterocycles. The highest BCUT2D eigenvalue weighted by Gasteiger charge is 2.30. The van der Waals surface area contributed by atoms with Crippen LogP contribution in [0.4, 0.5) is 12.9 Å². The highest BCUT2D eigenvalue weighted by Crippen LogP contribution is 2.22. The summed E-state index contributed by atoms with van der Waals surface area (Å²) in [6.45, 7) is -2.86. The Labute approximate surface area is 119 Å². The van der Waals surface area contributed by atoms with Gasteiger partial charge in [0.15, 0.2) is 5.82 Å². The molecule has 1 aromatic carbocycles. The molecule has 114 valence electrons. The number of rotatable bonds is 6. The molecule has 2 rings (SSSR count). The predicted octanol–water partition coefficient (Wildman–Crippen LogP) is 1.94. The number of nitrogens with zero attached hydrogens (tertiary/aromatic N) is 3. The van der Waals surface area contributed by atoms with E-state index in [2.05, 4.69) is 10.1 Å². The molecule has 0 bridgehead atoms. The van der Waals surface area contributed by atoms with Crippen molar-refractivity contribution in [3.63, 3.8) is 0 Å². The fraction of sp³-hybridized carbons (Fsp3) is 0.333. The molecule has 2 aromatic rings. The standard InChI is InChI=1S/C12H14BF3N3O2/c1-3-19-12(17-8-18-19)7-21-11-5-4-9(20-2)6-10(11)13(14,15)16/h4-6,8H,3,7H2,1-2H3/q-1. The van der Waals surface area contributed by atoms with E-state index in [1.165, 1.54) is 25.6 Å². The van der Waals surface area contributed by atoms with Gasteiger partial charge in [0.1, 0.15) is 18.7 Å². The van der Waals surface area contributed by atoms with Crippen LogP contribution in [0.3, 0.4) is 0 Å². The number of aromatic nitrogens is 3. The van der Waals surface area contributed by atoms with Crippen LogP contribution in [-0.4, -0.2) is 28.9 Å². The van der Waals surface area contributed by atoms with Gasteiger partial charge >= 0.3 is 6.98 Å². The largest absolute Gasteiger partial charge is 0.513 e. The Balaban J connectivity index is 2.23. The van der Waals surface area contributed by atoms with E-state index in [1.54, 1.807) is 4.68 Å². The lowest BCUT2D eigenvalue weighted by Gasteiger charge is -2.20. The normalized spacial score (nSPS) is 11.5. The quantitative estimate of drug-likeness (QED) is 0.765. The van der Waals surface area contributed by atoms with E-state index in [-0.39, 0.29) is 18.1 Å². The van der Waals surface area contributed by atoms with Crippen LogP contribution >= 0.6 is 0 Å². The number of hydrogen-bond donors (Lipinski definition) is 0. The summed E-state index contributed by atoms with van der Waals surface area (Å²) in [6, 6.07) is 3.60. The zero-order valence-electron chi connectivity index (χ0n) is 11.6. The average Bonchev–Trinajstić information content (AvgIpc) is 2.91. The van der Waals surface area contributed by atoms with Gasteiger partial charge in [-0.15, -0.1) is 0 Å². The van der Waals surface area contributed by atoms with Crippen LogP contribution in [-0.2, 0) is 13.2 Å². The monoisotopic (exact) mass is 300 g/mol. The fourth-order valence-electron chi connectivity index (χ4n) is 1.85. The highest BCUT2D eigenvalue weighted by atomic mass is 19.4. The van der Waals surface area contributed by atoms with Crippen molar-refractivity contribution in [1.82, 2.24) is 14.8 Å². The smallest absolute Gasteiger partial charge is 0.497 e. The molecule has 0 N–H and O–H groups in total. The number of benzene rings is 1. The van der Waals surface area contributed by atoms with Gasteiger partial charge in [-0.1, -0.05) is 5.46 Å². The Morgan fingerprint density at radius 2 is 2.05 bits per heavy atom. The lowest BCUT2D eigenvalue weighted by Crippen LogP contribution is -2.35. The number of aryl methyl sites for hydroxylation is 1. The van der Waals surface area contributed by atoms with Gasteiger partial charge in [-0.05, 0) is 25.1 Å². The molecule has 1 heterocycles. The van der Waals surface area contributed by atoms with Crippen molar-refractivity contribution in [2.45, 2.75) is 20.1 Å². The Kier molecular flexibility index (Phi) is 4.39. The second kappa shape index (κ2) is 6.07. The van der Waals surface area contributed by atoms with Crippen molar-refractivity contribution in [3.8, 4) is 11.5 Å². The van der Waals surface area contributed by atoms with Crippen LogP contribution in [0, 0.1) is 0 Å². The molecule has 0 aliphatic carbocycles. The molecule has 0 atom stereocenters. The Morgan fingerprint density at radius 3 is 2.67 bits per heavy atom. The summed E-state index contributed by atoms with van der Waals surface area (Å²) in [5, 5.41) is 3.93. The molecular formula is C12H14BF3N3O2-. The van der Waals surface area contributed by atoms with Crippen LogP contribution in [0.15, 0.2) is 24.5 Å². The van der Waals surface area contributed by atoms with Crippen LogP contribution in [0.2, 0.25) is 0 Å². The third-order valence-corrected chi connectivity index (χ3v) is 2.92. The summed E-state index contributed by atoms with van der Waals surface area (Å²) in [6.07, 6.45) is 1.34. The minimum Gasteiger partial charge on any atom is -0.497 e. The third kappa shape index (κ3) is 3.47. The molecule has 21 heavy (non-hydrogen) atoms. The SMILES string of the molecule is CCn1ncnc1COc1ccc(OC)cc1[B-](F)(F)F. The molecule has 0 aliphatic rings. The number of halogens is 3. The molecule has 0 saturated carbocycles. The van der Waals surface area contributed by atoms with Crippen molar-refractivity contribution in [2.75, 3.05) is 7.11 Å². The van der Waals surface area contributed by atoms with Crippen molar-refractivity contribution in [2.24, 2.45) is 0 Å². The zero-order valence-corrected chi connectivity index (χ0v) is 11.6. The number of hydrogen-bond acceptors (Lipinski definition) is 4. The van der Waals surface area contributed by atoms with Gasteiger partial charge < -0.3 is 22.4 Å². The molecule has 0 spiro atoms. The summed E-state index contributed by atoms with van der Waals surface area (Å²) in [7, 11) is 1.31. The molecule has 0 amide bonds. The Bertz CT molecular complexity index is 616.